The van der Waals surface area contributed by atoms with Crippen molar-refractivity contribution < 1.29 is 19.4 Å². The van der Waals surface area contributed by atoms with Crippen molar-refractivity contribution in [1.82, 2.24) is 5.32 Å². The van der Waals surface area contributed by atoms with Crippen molar-refractivity contribution in [2.45, 2.75) is 46.4 Å². The lowest BCUT2D eigenvalue weighted by atomic mass is 10.1. The highest BCUT2D eigenvalue weighted by Gasteiger charge is 2.23. The molecule has 0 radical (unpaired) electrons. The lowest BCUT2D eigenvalue weighted by molar-refractivity contribution is -0.140. The summed E-state index contributed by atoms with van der Waals surface area (Å²) >= 11 is 0. The predicted octanol–water partition coefficient (Wildman–Crippen LogP) is 2.38. The van der Waals surface area contributed by atoms with Crippen molar-refractivity contribution in [2.75, 3.05) is 0 Å². The second-order valence-electron chi connectivity index (χ2n) is 5.51. The summed E-state index contributed by atoms with van der Waals surface area (Å²) in [6.45, 7) is 7.45. The highest BCUT2D eigenvalue weighted by atomic mass is 16.5. The third kappa shape index (κ3) is 9.77. The minimum absolute atomic E-state index is 0.122. The van der Waals surface area contributed by atoms with E-state index in [-0.39, 0.29) is 12.5 Å². The van der Waals surface area contributed by atoms with Crippen molar-refractivity contribution in [3.8, 4) is 0 Å². The zero-order chi connectivity index (χ0) is 17.1. The smallest absolute Gasteiger partial charge is 0.408 e. The molecule has 0 unspecified atom stereocenters. The molecule has 1 amide bonds. The maximum Gasteiger partial charge on any atom is 0.408 e. The molecule has 22 heavy (non-hydrogen) atoms. The molecule has 0 saturated carbocycles. The number of nitrogens with two attached hydrogens (primary N) is 1. The number of carboxylic acids is 1. The standard InChI is InChI=1S/C13H17NO4.C3H9N/c1-9(2)11(12(15)16)14-13(17)18-8-10-6-4-3-5-7-10;1-3(2)4/h3-7,9,11H,8H2,1-2H3,(H,14,17)(H,15,16);3H,4H2,1-2H3/t11-;/m1./s1. The van der Waals surface area contributed by atoms with Crippen LogP contribution in [0.4, 0.5) is 4.79 Å². The zero-order valence-electron chi connectivity index (χ0n) is 13.6. The monoisotopic (exact) mass is 310 g/mol. The van der Waals surface area contributed by atoms with E-state index in [0.29, 0.717) is 6.04 Å². The molecule has 1 aromatic carbocycles. The molecule has 0 bridgehead atoms. The lowest BCUT2D eigenvalue weighted by Crippen LogP contribution is -2.44. The van der Waals surface area contributed by atoms with E-state index in [1.54, 1.807) is 13.8 Å². The fourth-order valence-corrected chi connectivity index (χ4v) is 1.41. The summed E-state index contributed by atoms with van der Waals surface area (Å²) in [6.07, 6.45) is -0.722. The van der Waals surface area contributed by atoms with E-state index >= 15 is 0 Å². The number of hydrogen-bond donors (Lipinski definition) is 3. The van der Waals surface area contributed by atoms with Gasteiger partial charge < -0.3 is 20.9 Å². The third-order valence-corrected chi connectivity index (χ3v) is 2.42. The molecule has 0 aliphatic carbocycles. The maximum absolute atomic E-state index is 11.4. The van der Waals surface area contributed by atoms with Gasteiger partial charge in [0.05, 0.1) is 0 Å². The van der Waals surface area contributed by atoms with Gasteiger partial charge in [-0.25, -0.2) is 9.59 Å². The number of carboxylic acid groups (broad SMARTS) is 1. The van der Waals surface area contributed by atoms with E-state index in [4.69, 9.17) is 15.6 Å². The summed E-state index contributed by atoms with van der Waals surface area (Å²) in [5, 5.41) is 11.2. The van der Waals surface area contributed by atoms with Gasteiger partial charge in [0, 0.05) is 0 Å². The molecule has 6 heteroatoms. The highest BCUT2D eigenvalue weighted by molar-refractivity contribution is 5.80. The second kappa shape index (κ2) is 10.6. The number of alkyl carbamates (subject to hydrolysis) is 1. The molecule has 124 valence electrons. The van der Waals surface area contributed by atoms with Gasteiger partial charge in [-0.3, -0.25) is 0 Å². The molecule has 0 fully saturated rings. The molecule has 1 atom stereocenters. The number of nitrogens with one attached hydrogen (secondary N) is 1. The zero-order valence-corrected chi connectivity index (χ0v) is 13.6. The number of ether oxygens (including phenoxy) is 1. The molecular weight excluding hydrogens is 284 g/mol. The van der Waals surface area contributed by atoms with Gasteiger partial charge in [-0.05, 0) is 17.5 Å². The number of rotatable bonds is 5. The Labute approximate surface area is 131 Å². The van der Waals surface area contributed by atoms with Crippen molar-refractivity contribution >= 4 is 12.1 Å². The van der Waals surface area contributed by atoms with Crippen molar-refractivity contribution in [2.24, 2.45) is 11.7 Å². The lowest BCUT2D eigenvalue weighted by Gasteiger charge is -2.17. The maximum atomic E-state index is 11.4. The van der Waals surface area contributed by atoms with E-state index in [0.717, 1.165) is 5.56 Å². The molecule has 6 nitrogen and oxygen atoms in total. The van der Waals surface area contributed by atoms with Crippen molar-refractivity contribution in [3.05, 3.63) is 35.9 Å². The van der Waals surface area contributed by atoms with E-state index in [9.17, 15) is 9.59 Å². The Balaban J connectivity index is 0.000000980. The summed E-state index contributed by atoms with van der Waals surface area (Å²) in [6, 6.07) is 8.58. The molecule has 0 saturated heterocycles. The molecule has 0 heterocycles. The largest absolute Gasteiger partial charge is 0.480 e. The van der Waals surface area contributed by atoms with Gasteiger partial charge in [-0.2, -0.15) is 0 Å². The van der Waals surface area contributed by atoms with Gasteiger partial charge in [0.15, 0.2) is 0 Å². The van der Waals surface area contributed by atoms with Crippen LogP contribution in [-0.2, 0) is 16.1 Å². The van der Waals surface area contributed by atoms with Crippen LogP contribution < -0.4 is 11.1 Å². The first-order chi connectivity index (χ1) is 10.2. The van der Waals surface area contributed by atoms with Gasteiger partial charge in [-0.1, -0.05) is 58.0 Å². The summed E-state index contributed by atoms with van der Waals surface area (Å²) in [5.74, 6) is -1.27. The average molecular weight is 310 g/mol. The van der Waals surface area contributed by atoms with Gasteiger partial charge >= 0.3 is 12.1 Å². The first-order valence-corrected chi connectivity index (χ1v) is 7.19. The number of hydrogen-bond acceptors (Lipinski definition) is 4. The Morgan fingerprint density at radius 3 is 2.09 bits per heavy atom. The molecule has 1 rings (SSSR count). The summed E-state index contributed by atoms with van der Waals surface area (Å²) in [7, 11) is 0. The number of carbonyl (C=O) groups is 2. The van der Waals surface area contributed by atoms with Gasteiger partial charge in [0.2, 0.25) is 0 Å². The fraction of sp³-hybridized carbons (Fsp3) is 0.500. The fourth-order valence-electron chi connectivity index (χ4n) is 1.41. The molecule has 0 aromatic heterocycles. The van der Waals surface area contributed by atoms with E-state index in [1.165, 1.54) is 0 Å². The van der Waals surface area contributed by atoms with Crippen LogP contribution in [0.25, 0.3) is 0 Å². The number of benzene rings is 1. The van der Waals surface area contributed by atoms with E-state index in [2.05, 4.69) is 5.32 Å². The molecule has 0 spiro atoms. The van der Waals surface area contributed by atoms with Gasteiger partial charge in [-0.15, -0.1) is 0 Å². The van der Waals surface area contributed by atoms with Crippen LogP contribution in [0.15, 0.2) is 30.3 Å². The van der Waals surface area contributed by atoms with E-state index < -0.39 is 18.1 Å². The van der Waals surface area contributed by atoms with Crippen LogP contribution in [0, 0.1) is 5.92 Å². The quantitative estimate of drug-likeness (QED) is 0.775. The Kier molecular flexibility index (Phi) is 9.61. The first kappa shape index (κ1) is 19.9. The molecule has 0 aliphatic heterocycles. The van der Waals surface area contributed by atoms with Crippen molar-refractivity contribution in [3.63, 3.8) is 0 Å². The van der Waals surface area contributed by atoms with Gasteiger partial charge in [0.25, 0.3) is 0 Å². The molecule has 4 N–H and O–H groups in total. The molecular formula is C16H26N2O4. The second-order valence-corrected chi connectivity index (χ2v) is 5.51. The van der Waals surface area contributed by atoms with E-state index in [1.807, 2.05) is 44.2 Å². The summed E-state index contributed by atoms with van der Waals surface area (Å²) < 4.78 is 4.95. The number of amides is 1. The van der Waals surface area contributed by atoms with Gasteiger partial charge in [0.1, 0.15) is 12.6 Å². The van der Waals surface area contributed by atoms with Crippen molar-refractivity contribution in [1.29, 1.82) is 0 Å². The Hall–Kier alpha value is -2.08. The summed E-state index contributed by atoms with van der Waals surface area (Å²) in [5.41, 5.74) is 5.96. The Bertz CT molecular complexity index is 444. The number of aliphatic carboxylic acids is 1. The Morgan fingerprint density at radius 2 is 1.68 bits per heavy atom. The van der Waals surface area contributed by atoms with Crippen LogP contribution in [0.3, 0.4) is 0 Å². The van der Waals surface area contributed by atoms with Crippen LogP contribution in [0.2, 0.25) is 0 Å². The predicted molar refractivity (Wildman–Crippen MR) is 85.3 cm³/mol. The van der Waals surface area contributed by atoms with Crippen LogP contribution >= 0.6 is 0 Å². The number of carbonyl (C=O) groups excluding carboxylic acids is 1. The first-order valence-electron chi connectivity index (χ1n) is 7.19. The normalized spacial score (nSPS) is 11.4. The third-order valence-electron chi connectivity index (χ3n) is 2.42. The van der Waals surface area contributed by atoms with Crippen LogP contribution in [0.1, 0.15) is 33.3 Å². The topological polar surface area (TPSA) is 102 Å². The SMILES string of the molecule is CC(C)N.CC(C)[C@@H](NC(=O)OCc1ccccc1)C(=O)O. The molecule has 1 aromatic rings. The minimum Gasteiger partial charge on any atom is -0.480 e. The minimum atomic E-state index is -1.07. The van der Waals surface area contributed by atoms with Crippen LogP contribution in [0.5, 0.6) is 0 Å². The molecule has 0 aliphatic rings. The van der Waals surface area contributed by atoms with Crippen LogP contribution in [-0.4, -0.2) is 29.3 Å². The summed E-state index contributed by atoms with van der Waals surface area (Å²) in [4.78, 5) is 22.3. The average Bonchev–Trinajstić information content (AvgIpc) is 2.42. The Morgan fingerprint density at radius 1 is 1.18 bits per heavy atom. The highest BCUT2D eigenvalue weighted by Crippen LogP contribution is 2.04.